The zero-order chi connectivity index (χ0) is 12.5. The molecule has 0 aliphatic carbocycles. The summed E-state index contributed by atoms with van der Waals surface area (Å²) in [6, 6.07) is 3.39. The van der Waals surface area contributed by atoms with Gasteiger partial charge in [0.1, 0.15) is 0 Å². The molecule has 0 bridgehead atoms. The van der Waals surface area contributed by atoms with E-state index in [0.717, 1.165) is 12.8 Å². The first-order chi connectivity index (χ1) is 8.24. The van der Waals surface area contributed by atoms with Crippen molar-refractivity contribution in [2.24, 2.45) is 0 Å². The van der Waals surface area contributed by atoms with Gasteiger partial charge in [0.2, 0.25) is 0 Å². The number of nitrogens with zero attached hydrogens (tertiary/aromatic N) is 1. The molecule has 0 amide bonds. The first-order valence-electron chi connectivity index (χ1n) is 5.83. The fraction of sp³-hybridized carbons (Fsp3) is 0.462. The fourth-order valence-electron chi connectivity index (χ4n) is 1.29. The highest BCUT2D eigenvalue weighted by Crippen LogP contribution is 2.04. The second-order valence-electron chi connectivity index (χ2n) is 3.74. The Balaban J connectivity index is 2.26. The van der Waals surface area contributed by atoms with Crippen molar-refractivity contribution >= 4 is 11.8 Å². The van der Waals surface area contributed by atoms with E-state index in [2.05, 4.69) is 4.98 Å². The molecule has 0 spiro atoms. The van der Waals surface area contributed by atoms with Crippen molar-refractivity contribution < 1.29 is 14.3 Å². The van der Waals surface area contributed by atoms with Crippen molar-refractivity contribution in [1.29, 1.82) is 0 Å². The van der Waals surface area contributed by atoms with Gasteiger partial charge in [0.25, 0.3) is 0 Å². The van der Waals surface area contributed by atoms with E-state index in [4.69, 9.17) is 4.74 Å². The Bertz CT molecular complexity index is 362. The third kappa shape index (κ3) is 5.24. The lowest BCUT2D eigenvalue weighted by Crippen LogP contribution is -2.09. The molecule has 0 saturated heterocycles. The molecule has 0 atom stereocenters. The maximum Gasteiger partial charge on any atom is 0.306 e. The van der Waals surface area contributed by atoms with Crippen LogP contribution >= 0.6 is 0 Å². The van der Waals surface area contributed by atoms with E-state index in [1.165, 1.54) is 6.20 Å². The van der Waals surface area contributed by atoms with Crippen LogP contribution in [0.25, 0.3) is 0 Å². The fourth-order valence-corrected chi connectivity index (χ4v) is 1.29. The van der Waals surface area contributed by atoms with Crippen molar-refractivity contribution in [1.82, 2.24) is 4.98 Å². The highest BCUT2D eigenvalue weighted by molar-refractivity contribution is 5.97. The minimum absolute atomic E-state index is 0.0782. The average molecular weight is 235 g/mol. The minimum atomic E-state index is -0.310. The molecule has 17 heavy (non-hydrogen) atoms. The van der Waals surface area contributed by atoms with Gasteiger partial charge in [0.15, 0.2) is 5.78 Å². The van der Waals surface area contributed by atoms with Crippen LogP contribution in [0, 0.1) is 0 Å². The van der Waals surface area contributed by atoms with Gasteiger partial charge in [-0.05, 0) is 18.6 Å². The van der Waals surface area contributed by atoms with Crippen LogP contribution in [0.1, 0.15) is 43.0 Å². The van der Waals surface area contributed by atoms with Gasteiger partial charge in [-0.1, -0.05) is 13.3 Å². The summed E-state index contributed by atoms with van der Waals surface area (Å²) in [5.41, 5.74) is 0.536. The topological polar surface area (TPSA) is 56.3 Å². The van der Waals surface area contributed by atoms with Crippen molar-refractivity contribution in [2.45, 2.75) is 32.6 Å². The first-order valence-corrected chi connectivity index (χ1v) is 5.83. The van der Waals surface area contributed by atoms with E-state index < -0.39 is 0 Å². The molecule has 0 N–H and O–H groups in total. The predicted molar refractivity (Wildman–Crippen MR) is 63.7 cm³/mol. The van der Waals surface area contributed by atoms with Gasteiger partial charge in [-0.3, -0.25) is 14.6 Å². The van der Waals surface area contributed by atoms with Crippen LogP contribution in [-0.4, -0.2) is 23.3 Å². The second-order valence-corrected chi connectivity index (χ2v) is 3.74. The van der Waals surface area contributed by atoms with Crippen LogP contribution in [0.2, 0.25) is 0 Å². The van der Waals surface area contributed by atoms with Gasteiger partial charge in [0.05, 0.1) is 13.0 Å². The Morgan fingerprint density at radius 3 is 2.82 bits per heavy atom. The number of rotatable bonds is 7. The van der Waals surface area contributed by atoms with Gasteiger partial charge in [-0.15, -0.1) is 0 Å². The smallest absolute Gasteiger partial charge is 0.306 e. The number of aromatic nitrogens is 1. The number of ketones is 1. The molecule has 0 radical (unpaired) electrons. The molecular weight excluding hydrogens is 218 g/mol. The van der Waals surface area contributed by atoms with Crippen molar-refractivity contribution in [3.8, 4) is 0 Å². The first kappa shape index (κ1) is 13.4. The van der Waals surface area contributed by atoms with Crippen LogP contribution in [0.3, 0.4) is 0 Å². The summed E-state index contributed by atoms with van der Waals surface area (Å²) in [5.74, 6) is -0.388. The minimum Gasteiger partial charge on any atom is -0.466 e. The molecule has 4 nitrogen and oxygen atoms in total. The van der Waals surface area contributed by atoms with E-state index in [9.17, 15) is 9.59 Å². The number of esters is 1. The summed E-state index contributed by atoms with van der Waals surface area (Å²) in [5, 5.41) is 0. The van der Waals surface area contributed by atoms with Crippen LogP contribution in [0.15, 0.2) is 24.5 Å². The van der Waals surface area contributed by atoms with Crippen LogP contribution in [0.4, 0.5) is 0 Å². The third-order valence-corrected chi connectivity index (χ3v) is 2.30. The third-order valence-electron chi connectivity index (χ3n) is 2.30. The van der Waals surface area contributed by atoms with Gasteiger partial charge in [-0.2, -0.15) is 0 Å². The molecular formula is C13H17NO3. The van der Waals surface area contributed by atoms with Gasteiger partial charge in [-0.25, -0.2) is 0 Å². The Hall–Kier alpha value is -1.71. The van der Waals surface area contributed by atoms with Crippen LogP contribution in [-0.2, 0) is 9.53 Å². The highest BCUT2D eigenvalue weighted by Gasteiger charge is 2.09. The zero-order valence-corrected chi connectivity index (χ0v) is 10.0. The molecule has 92 valence electrons. The predicted octanol–water partition coefficient (Wildman–Crippen LogP) is 2.39. The molecule has 0 unspecified atom stereocenters. The van der Waals surface area contributed by atoms with Crippen LogP contribution in [0.5, 0.6) is 0 Å². The quantitative estimate of drug-likeness (QED) is 0.413. The van der Waals surface area contributed by atoms with Crippen LogP contribution < -0.4 is 0 Å². The molecule has 1 heterocycles. The maximum absolute atomic E-state index is 11.6. The van der Waals surface area contributed by atoms with E-state index in [1.807, 2.05) is 6.92 Å². The Morgan fingerprint density at radius 1 is 1.35 bits per heavy atom. The molecule has 1 aromatic heterocycles. The summed E-state index contributed by atoms with van der Waals surface area (Å²) in [6.45, 7) is 2.47. The normalized spacial score (nSPS) is 9.94. The SMILES string of the molecule is CCCCOC(=O)CCC(=O)c1cccnc1. The Morgan fingerprint density at radius 2 is 2.18 bits per heavy atom. The number of carbonyl (C=O) groups is 2. The molecule has 1 rings (SSSR count). The Labute approximate surface area is 101 Å². The number of hydrogen-bond acceptors (Lipinski definition) is 4. The van der Waals surface area contributed by atoms with E-state index in [0.29, 0.717) is 12.2 Å². The van der Waals surface area contributed by atoms with Gasteiger partial charge < -0.3 is 4.74 Å². The van der Waals surface area contributed by atoms with Crippen molar-refractivity contribution in [3.63, 3.8) is 0 Å². The number of ether oxygens (including phenoxy) is 1. The molecule has 0 aliphatic heterocycles. The second kappa shape index (κ2) is 7.54. The lowest BCUT2D eigenvalue weighted by atomic mass is 10.1. The van der Waals surface area contributed by atoms with Gasteiger partial charge >= 0.3 is 5.97 Å². The molecule has 0 fully saturated rings. The lowest BCUT2D eigenvalue weighted by molar-refractivity contribution is -0.143. The largest absolute Gasteiger partial charge is 0.466 e. The molecule has 1 aromatic rings. The summed E-state index contributed by atoms with van der Waals surface area (Å²) >= 11 is 0. The molecule has 4 heteroatoms. The summed E-state index contributed by atoms with van der Waals surface area (Å²) in [7, 11) is 0. The lowest BCUT2D eigenvalue weighted by Gasteiger charge is -2.03. The van der Waals surface area contributed by atoms with Crippen molar-refractivity contribution in [3.05, 3.63) is 30.1 Å². The molecule has 0 aromatic carbocycles. The maximum atomic E-state index is 11.6. The molecule has 0 saturated carbocycles. The van der Waals surface area contributed by atoms with E-state index >= 15 is 0 Å². The number of pyridine rings is 1. The summed E-state index contributed by atoms with van der Waals surface area (Å²) in [4.78, 5) is 26.8. The van der Waals surface area contributed by atoms with E-state index in [-0.39, 0.29) is 24.6 Å². The summed E-state index contributed by atoms with van der Waals surface area (Å²) < 4.78 is 4.96. The standard InChI is InChI=1S/C13H17NO3/c1-2-3-9-17-13(16)7-6-12(15)11-5-4-8-14-10-11/h4-5,8,10H,2-3,6-7,9H2,1H3. The van der Waals surface area contributed by atoms with Gasteiger partial charge in [0, 0.05) is 24.4 Å². The van der Waals surface area contributed by atoms with Crippen molar-refractivity contribution in [2.75, 3.05) is 6.61 Å². The molecule has 0 aliphatic rings. The highest BCUT2D eigenvalue weighted by atomic mass is 16.5. The zero-order valence-electron chi connectivity index (χ0n) is 10.0. The summed E-state index contributed by atoms with van der Waals surface area (Å²) in [6.07, 6.45) is 5.28. The number of hydrogen-bond donors (Lipinski definition) is 0. The Kier molecular flexibility index (Phi) is 5.93. The average Bonchev–Trinajstić information content (AvgIpc) is 2.37. The van der Waals surface area contributed by atoms with E-state index in [1.54, 1.807) is 18.3 Å². The number of unbranched alkanes of at least 4 members (excludes halogenated alkanes) is 1. The number of carbonyl (C=O) groups excluding carboxylic acids is 2. The monoisotopic (exact) mass is 235 g/mol. The number of Topliss-reactive ketones (excluding diaryl/α,β-unsaturated/α-hetero) is 1.